The van der Waals surface area contributed by atoms with Gasteiger partial charge < -0.3 is 24.6 Å². The summed E-state index contributed by atoms with van der Waals surface area (Å²) in [6.07, 6.45) is 0. The van der Waals surface area contributed by atoms with Gasteiger partial charge in [0.25, 0.3) is 5.91 Å². The van der Waals surface area contributed by atoms with E-state index in [0.717, 1.165) is 43.2 Å². The Balaban J connectivity index is 1.57. The van der Waals surface area contributed by atoms with E-state index in [2.05, 4.69) is 22.3 Å². The molecule has 1 aliphatic rings. The summed E-state index contributed by atoms with van der Waals surface area (Å²) in [5, 5.41) is 3.04. The van der Waals surface area contributed by atoms with Gasteiger partial charge in [0.2, 0.25) is 0 Å². The molecule has 1 aliphatic heterocycles. The largest absolute Gasteiger partial charge is 0.497 e. The van der Waals surface area contributed by atoms with Gasteiger partial charge in [0, 0.05) is 5.69 Å². The number of ether oxygens (including phenoxy) is 2. The van der Waals surface area contributed by atoms with Crippen LogP contribution in [-0.2, 0) is 4.79 Å². The molecule has 3 rings (SSSR count). The molecule has 6 nitrogen and oxygen atoms in total. The molecule has 0 unspecified atom stereocenters. The third-order valence-corrected chi connectivity index (χ3v) is 5.46. The van der Waals surface area contributed by atoms with Crippen LogP contribution in [0.15, 0.2) is 42.5 Å². The highest BCUT2D eigenvalue weighted by Crippen LogP contribution is 2.25. The van der Waals surface area contributed by atoms with Crippen LogP contribution in [-0.4, -0.2) is 52.3 Å². The van der Waals surface area contributed by atoms with Crippen molar-refractivity contribution in [1.29, 1.82) is 0 Å². The molecule has 0 aromatic heterocycles. The molecule has 0 saturated carbocycles. The second-order valence-corrected chi connectivity index (χ2v) is 7.26. The van der Waals surface area contributed by atoms with Gasteiger partial charge in [0.15, 0.2) is 6.04 Å². The van der Waals surface area contributed by atoms with Gasteiger partial charge in [-0.05, 0) is 55.8 Å². The highest BCUT2D eigenvalue weighted by Gasteiger charge is 2.29. The molecular formula is C22H30N3O3+. The number of nitrogens with one attached hydrogen (secondary N) is 2. The van der Waals surface area contributed by atoms with Gasteiger partial charge in [-0.3, -0.25) is 4.79 Å². The van der Waals surface area contributed by atoms with Crippen LogP contribution in [0.5, 0.6) is 11.5 Å². The van der Waals surface area contributed by atoms with Crippen molar-refractivity contribution in [2.24, 2.45) is 0 Å². The number of amides is 1. The molecule has 1 heterocycles. The number of benzene rings is 2. The van der Waals surface area contributed by atoms with Crippen LogP contribution in [0.1, 0.15) is 12.5 Å². The fourth-order valence-corrected chi connectivity index (χ4v) is 3.62. The van der Waals surface area contributed by atoms with Crippen molar-refractivity contribution in [2.75, 3.05) is 50.6 Å². The molecule has 1 amide bonds. The van der Waals surface area contributed by atoms with Crippen LogP contribution in [0.2, 0.25) is 0 Å². The number of hydrogen-bond donors (Lipinski definition) is 2. The number of anilines is 2. The van der Waals surface area contributed by atoms with Crippen molar-refractivity contribution in [2.45, 2.75) is 19.9 Å². The number of carbonyl (C=O) groups excluding carboxylic acids is 1. The van der Waals surface area contributed by atoms with Crippen LogP contribution in [0.25, 0.3) is 0 Å². The van der Waals surface area contributed by atoms with Gasteiger partial charge in [0.1, 0.15) is 11.5 Å². The maximum atomic E-state index is 12.8. The minimum Gasteiger partial charge on any atom is -0.497 e. The van der Waals surface area contributed by atoms with Gasteiger partial charge in [-0.25, -0.2) is 0 Å². The first-order valence-electron chi connectivity index (χ1n) is 9.71. The number of nitrogens with zero attached hydrogens (tertiary/aromatic N) is 1. The van der Waals surface area contributed by atoms with Gasteiger partial charge in [-0.15, -0.1) is 0 Å². The normalized spacial score (nSPS) is 15.8. The maximum Gasteiger partial charge on any atom is 0.282 e. The van der Waals surface area contributed by atoms with Gasteiger partial charge in [-0.2, -0.15) is 0 Å². The van der Waals surface area contributed by atoms with Gasteiger partial charge in [0.05, 0.1) is 46.1 Å². The van der Waals surface area contributed by atoms with Crippen LogP contribution in [0, 0.1) is 6.92 Å². The third kappa shape index (κ3) is 4.57. The molecule has 6 heteroatoms. The summed E-state index contributed by atoms with van der Waals surface area (Å²) in [7, 11) is 3.29. The third-order valence-electron chi connectivity index (χ3n) is 5.46. The molecule has 0 spiro atoms. The molecule has 2 aromatic rings. The summed E-state index contributed by atoms with van der Waals surface area (Å²) in [6.45, 7) is 7.69. The molecule has 150 valence electrons. The number of piperazine rings is 1. The van der Waals surface area contributed by atoms with E-state index in [1.807, 2.05) is 44.2 Å². The van der Waals surface area contributed by atoms with Crippen molar-refractivity contribution in [3.05, 3.63) is 48.0 Å². The highest BCUT2D eigenvalue weighted by molar-refractivity contribution is 5.95. The van der Waals surface area contributed by atoms with Crippen molar-refractivity contribution in [3.8, 4) is 11.5 Å². The topological polar surface area (TPSA) is 55.2 Å². The van der Waals surface area contributed by atoms with Crippen LogP contribution < -0.4 is 24.6 Å². The lowest BCUT2D eigenvalue weighted by atomic mass is 10.1. The van der Waals surface area contributed by atoms with E-state index in [1.54, 1.807) is 14.2 Å². The zero-order chi connectivity index (χ0) is 20.1. The molecule has 0 aliphatic carbocycles. The fourth-order valence-electron chi connectivity index (χ4n) is 3.62. The van der Waals surface area contributed by atoms with E-state index in [9.17, 15) is 4.79 Å². The fraction of sp³-hybridized carbons (Fsp3) is 0.409. The molecule has 2 aromatic carbocycles. The number of methoxy groups -OCH3 is 2. The van der Waals surface area contributed by atoms with Crippen molar-refractivity contribution in [3.63, 3.8) is 0 Å². The van der Waals surface area contributed by atoms with E-state index >= 15 is 0 Å². The highest BCUT2D eigenvalue weighted by atomic mass is 16.5. The summed E-state index contributed by atoms with van der Waals surface area (Å²) < 4.78 is 10.6. The van der Waals surface area contributed by atoms with Crippen LogP contribution in [0.3, 0.4) is 0 Å². The maximum absolute atomic E-state index is 12.8. The van der Waals surface area contributed by atoms with Crippen LogP contribution >= 0.6 is 0 Å². The van der Waals surface area contributed by atoms with Crippen LogP contribution in [0.4, 0.5) is 11.4 Å². The van der Waals surface area contributed by atoms with Crippen molar-refractivity contribution >= 4 is 17.3 Å². The predicted molar refractivity (Wildman–Crippen MR) is 112 cm³/mol. The summed E-state index contributed by atoms with van der Waals surface area (Å²) in [4.78, 5) is 16.5. The Labute approximate surface area is 167 Å². The predicted octanol–water partition coefficient (Wildman–Crippen LogP) is 1.74. The Morgan fingerprint density at radius 2 is 1.75 bits per heavy atom. The lowest BCUT2D eigenvalue weighted by Crippen LogP contribution is -3.19. The van der Waals surface area contributed by atoms with Gasteiger partial charge in [-0.1, -0.05) is 6.07 Å². The number of quaternary nitrogens is 1. The monoisotopic (exact) mass is 384 g/mol. The molecule has 1 saturated heterocycles. The summed E-state index contributed by atoms with van der Waals surface area (Å²) in [6, 6.07) is 13.8. The summed E-state index contributed by atoms with van der Waals surface area (Å²) in [5.41, 5.74) is 3.02. The second-order valence-electron chi connectivity index (χ2n) is 7.26. The Morgan fingerprint density at radius 3 is 2.36 bits per heavy atom. The lowest BCUT2D eigenvalue weighted by Gasteiger charge is -2.36. The molecule has 1 atom stereocenters. The van der Waals surface area contributed by atoms with E-state index < -0.39 is 0 Å². The Morgan fingerprint density at radius 1 is 1.07 bits per heavy atom. The molecule has 0 radical (unpaired) electrons. The molecular weight excluding hydrogens is 354 g/mol. The standard InChI is InChI=1S/C22H29N3O3/c1-16-5-10-21(28-4)20(15-16)23-22(26)17(2)24-11-13-25(14-12-24)18-6-8-19(27-3)9-7-18/h5-10,15,17H,11-14H2,1-4H3,(H,23,26)/p+1/t17-/m1/s1. The first-order chi connectivity index (χ1) is 13.5. The average molecular weight is 385 g/mol. The quantitative estimate of drug-likeness (QED) is 0.797. The van der Waals surface area contributed by atoms with E-state index in [4.69, 9.17) is 9.47 Å². The Bertz CT molecular complexity index is 799. The molecule has 28 heavy (non-hydrogen) atoms. The molecule has 2 N–H and O–H groups in total. The van der Waals surface area contributed by atoms with E-state index in [-0.39, 0.29) is 11.9 Å². The zero-order valence-electron chi connectivity index (χ0n) is 17.1. The smallest absolute Gasteiger partial charge is 0.282 e. The lowest BCUT2D eigenvalue weighted by molar-refractivity contribution is -0.914. The number of hydrogen-bond acceptors (Lipinski definition) is 4. The molecule has 0 bridgehead atoms. The summed E-state index contributed by atoms with van der Waals surface area (Å²) in [5.74, 6) is 1.58. The SMILES string of the molecule is COc1ccc(N2CC[NH+]([C@H](C)C(=O)Nc3cc(C)ccc3OC)CC2)cc1. The average Bonchev–Trinajstić information content (AvgIpc) is 2.73. The van der Waals surface area contributed by atoms with Gasteiger partial charge >= 0.3 is 0 Å². The first kappa shape index (κ1) is 20.0. The number of carbonyl (C=O) groups is 1. The number of rotatable bonds is 6. The first-order valence-corrected chi connectivity index (χ1v) is 9.71. The zero-order valence-corrected chi connectivity index (χ0v) is 17.1. The second kappa shape index (κ2) is 8.97. The Kier molecular flexibility index (Phi) is 6.41. The summed E-state index contributed by atoms with van der Waals surface area (Å²) >= 11 is 0. The van der Waals surface area contributed by atoms with Crippen molar-refractivity contribution < 1.29 is 19.2 Å². The minimum absolute atomic E-state index is 0.0248. The van der Waals surface area contributed by atoms with E-state index in [0.29, 0.717) is 5.75 Å². The minimum atomic E-state index is -0.122. The van der Waals surface area contributed by atoms with E-state index in [1.165, 1.54) is 10.6 Å². The van der Waals surface area contributed by atoms with Crippen molar-refractivity contribution in [1.82, 2.24) is 0 Å². The molecule has 1 fully saturated rings. The number of aryl methyl sites for hydroxylation is 1. The Hall–Kier alpha value is -2.73.